The maximum absolute atomic E-state index is 13.6. The van der Waals surface area contributed by atoms with Crippen molar-refractivity contribution in [2.75, 3.05) is 31.5 Å². The first-order valence-electron chi connectivity index (χ1n) is 8.10. The van der Waals surface area contributed by atoms with Crippen LogP contribution in [0.25, 0.3) is 0 Å². The molecule has 0 bridgehead atoms. The van der Waals surface area contributed by atoms with Gasteiger partial charge in [-0.1, -0.05) is 0 Å². The van der Waals surface area contributed by atoms with E-state index in [4.69, 9.17) is 5.73 Å². The molecule has 1 aliphatic heterocycles. The Morgan fingerprint density at radius 3 is 2.69 bits per heavy atom. The molecule has 144 valence electrons. The summed E-state index contributed by atoms with van der Waals surface area (Å²) in [6.07, 6.45) is -3.09. The van der Waals surface area contributed by atoms with Crippen LogP contribution in [0.1, 0.15) is 18.4 Å². The number of primary amides is 1. The smallest absolute Gasteiger partial charge is 0.369 e. The van der Waals surface area contributed by atoms with Crippen molar-refractivity contribution in [2.24, 2.45) is 11.7 Å². The molecule has 1 fully saturated rings. The highest BCUT2D eigenvalue weighted by Crippen LogP contribution is 2.31. The molecular weight excluding hydrogens is 356 g/mol. The van der Waals surface area contributed by atoms with Crippen molar-refractivity contribution in [1.29, 1.82) is 0 Å². The summed E-state index contributed by atoms with van der Waals surface area (Å²) in [4.78, 5) is 25.0. The molecule has 0 spiro atoms. The van der Waals surface area contributed by atoms with E-state index in [1.807, 2.05) is 4.90 Å². The summed E-state index contributed by atoms with van der Waals surface area (Å²) in [5, 5.41) is 4.52. The Balaban J connectivity index is 1.83. The summed E-state index contributed by atoms with van der Waals surface area (Å²) < 4.78 is 51.5. The molecular formula is C16H20F4N4O2. The fourth-order valence-corrected chi connectivity index (χ4v) is 2.78. The zero-order valence-electron chi connectivity index (χ0n) is 13.9. The van der Waals surface area contributed by atoms with Crippen LogP contribution in [0.2, 0.25) is 0 Å². The molecule has 6 nitrogen and oxygen atoms in total. The van der Waals surface area contributed by atoms with Gasteiger partial charge in [0.15, 0.2) is 0 Å². The summed E-state index contributed by atoms with van der Waals surface area (Å²) in [7, 11) is 0. The Morgan fingerprint density at radius 2 is 2.04 bits per heavy atom. The maximum atomic E-state index is 13.6. The molecule has 1 aromatic rings. The van der Waals surface area contributed by atoms with Gasteiger partial charge in [0.05, 0.1) is 17.2 Å². The van der Waals surface area contributed by atoms with Crippen molar-refractivity contribution in [3.05, 3.63) is 29.6 Å². The van der Waals surface area contributed by atoms with Crippen molar-refractivity contribution in [3.8, 4) is 0 Å². The molecule has 0 aliphatic carbocycles. The second-order valence-corrected chi connectivity index (χ2v) is 6.12. The third-order valence-corrected chi connectivity index (χ3v) is 4.16. The van der Waals surface area contributed by atoms with Gasteiger partial charge in [-0.2, -0.15) is 13.2 Å². The zero-order chi connectivity index (χ0) is 19.3. The largest absolute Gasteiger partial charge is 0.416 e. The number of anilines is 1. The molecule has 26 heavy (non-hydrogen) atoms. The number of nitrogens with zero attached hydrogens (tertiary/aromatic N) is 1. The van der Waals surface area contributed by atoms with Crippen LogP contribution in [0.4, 0.5) is 28.0 Å². The highest BCUT2D eigenvalue weighted by atomic mass is 19.4. The summed E-state index contributed by atoms with van der Waals surface area (Å²) in [5.74, 6) is -1.55. The molecule has 1 saturated heterocycles. The Bertz CT molecular complexity index is 666. The van der Waals surface area contributed by atoms with Crippen LogP contribution in [0, 0.1) is 11.7 Å². The minimum Gasteiger partial charge on any atom is -0.369 e. The van der Waals surface area contributed by atoms with E-state index in [0.29, 0.717) is 31.3 Å². The standard InChI is InChI=1S/C16H20F4N4O2/c17-12-4-3-11(16(18,19)20)8-13(12)23-15(26)22-5-7-24-6-1-2-10(9-24)14(21)25/h3-4,8,10H,1-2,5-7,9H2,(H2,21,25)(H2,22,23,26). The molecule has 2 rings (SSSR count). The Labute approximate surface area is 147 Å². The lowest BCUT2D eigenvalue weighted by atomic mass is 9.97. The second-order valence-electron chi connectivity index (χ2n) is 6.12. The number of benzene rings is 1. The molecule has 1 heterocycles. The van der Waals surface area contributed by atoms with Gasteiger partial charge in [-0.05, 0) is 37.6 Å². The number of piperidine rings is 1. The molecule has 1 aromatic carbocycles. The highest BCUT2D eigenvalue weighted by molar-refractivity contribution is 5.89. The number of urea groups is 1. The molecule has 0 radical (unpaired) electrons. The summed E-state index contributed by atoms with van der Waals surface area (Å²) in [6.45, 7) is 1.90. The number of alkyl halides is 3. The van der Waals surface area contributed by atoms with Gasteiger partial charge in [0.1, 0.15) is 5.82 Å². The summed E-state index contributed by atoms with van der Waals surface area (Å²) in [5.41, 5.74) is 3.68. The average molecular weight is 376 g/mol. The number of carbonyl (C=O) groups is 2. The van der Waals surface area contributed by atoms with Gasteiger partial charge in [-0.15, -0.1) is 0 Å². The van der Waals surface area contributed by atoms with Crippen molar-refractivity contribution >= 4 is 17.6 Å². The number of carbonyl (C=O) groups excluding carboxylic acids is 2. The third kappa shape index (κ3) is 5.58. The normalized spacial score (nSPS) is 18.4. The van der Waals surface area contributed by atoms with E-state index in [1.54, 1.807) is 0 Å². The first kappa shape index (κ1) is 20.0. The molecule has 1 aliphatic rings. The van der Waals surface area contributed by atoms with Crippen LogP contribution in [0.15, 0.2) is 18.2 Å². The van der Waals surface area contributed by atoms with Gasteiger partial charge in [0.25, 0.3) is 0 Å². The Kier molecular flexibility index (Phi) is 6.41. The number of nitrogens with one attached hydrogen (secondary N) is 2. The predicted molar refractivity (Wildman–Crippen MR) is 86.8 cm³/mol. The van der Waals surface area contributed by atoms with Gasteiger partial charge in [0, 0.05) is 19.6 Å². The number of likely N-dealkylation sites (tertiary alicyclic amines) is 1. The summed E-state index contributed by atoms with van der Waals surface area (Å²) in [6, 6.07) is 0.976. The summed E-state index contributed by atoms with van der Waals surface area (Å²) >= 11 is 0. The predicted octanol–water partition coefficient (Wildman–Crippen LogP) is 2.16. The van der Waals surface area contributed by atoms with E-state index >= 15 is 0 Å². The van der Waals surface area contributed by atoms with Gasteiger partial charge in [-0.25, -0.2) is 9.18 Å². The lowest BCUT2D eigenvalue weighted by Gasteiger charge is -2.31. The molecule has 1 atom stereocenters. The number of amides is 3. The minimum absolute atomic E-state index is 0.192. The number of halogens is 4. The van der Waals surface area contributed by atoms with E-state index in [-0.39, 0.29) is 18.4 Å². The lowest BCUT2D eigenvalue weighted by molar-refractivity contribution is -0.137. The third-order valence-electron chi connectivity index (χ3n) is 4.16. The van der Waals surface area contributed by atoms with Crippen LogP contribution in [0.5, 0.6) is 0 Å². The fraction of sp³-hybridized carbons (Fsp3) is 0.500. The first-order chi connectivity index (χ1) is 12.2. The van der Waals surface area contributed by atoms with Gasteiger partial charge in [0.2, 0.25) is 5.91 Å². The van der Waals surface area contributed by atoms with E-state index in [9.17, 15) is 27.2 Å². The van der Waals surface area contributed by atoms with Crippen LogP contribution >= 0.6 is 0 Å². The van der Waals surface area contributed by atoms with Gasteiger partial charge >= 0.3 is 12.2 Å². The zero-order valence-corrected chi connectivity index (χ0v) is 13.9. The molecule has 1 unspecified atom stereocenters. The Hall–Kier alpha value is -2.36. The van der Waals surface area contributed by atoms with E-state index in [0.717, 1.165) is 19.4 Å². The number of hydrogen-bond acceptors (Lipinski definition) is 3. The quantitative estimate of drug-likeness (QED) is 0.689. The maximum Gasteiger partial charge on any atom is 0.416 e. The van der Waals surface area contributed by atoms with Crippen LogP contribution in [-0.4, -0.2) is 43.0 Å². The lowest BCUT2D eigenvalue weighted by Crippen LogP contribution is -2.44. The van der Waals surface area contributed by atoms with Crippen molar-refractivity contribution in [2.45, 2.75) is 19.0 Å². The topological polar surface area (TPSA) is 87.5 Å². The monoisotopic (exact) mass is 376 g/mol. The molecule has 10 heteroatoms. The highest BCUT2D eigenvalue weighted by Gasteiger charge is 2.31. The van der Waals surface area contributed by atoms with Crippen LogP contribution in [0.3, 0.4) is 0 Å². The number of nitrogens with two attached hydrogens (primary N) is 1. The fourth-order valence-electron chi connectivity index (χ4n) is 2.78. The molecule has 4 N–H and O–H groups in total. The van der Waals surface area contributed by atoms with Gasteiger partial charge < -0.3 is 21.3 Å². The first-order valence-corrected chi connectivity index (χ1v) is 8.10. The number of rotatable bonds is 5. The number of hydrogen-bond donors (Lipinski definition) is 3. The second kappa shape index (κ2) is 8.35. The van der Waals surface area contributed by atoms with E-state index in [1.165, 1.54) is 0 Å². The Morgan fingerprint density at radius 1 is 1.31 bits per heavy atom. The van der Waals surface area contributed by atoms with Crippen molar-refractivity contribution in [3.63, 3.8) is 0 Å². The van der Waals surface area contributed by atoms with E-state index < -0.39 is 29.3 Å². The SMILES string of the molecule is NC(=O)C1CCCN(CCNC(=O)Nc2cc(C(F)(F)F)ccc2F)C1. The van der Waals surface area contributed by atoms with Gasteiger partial charge in [-0.3, -0.25) is 4.79 Å². The molecule has 0 saturated carbocycles. The van der Waals surface area contributed by atoms with Crippen molar-refractivity contribution in [1.82, 2.24) is 10.2 Å². The molecule has 0 aromatic heterocycles. The van der Waals surface area contributed by atoms with E-state index in [2.05, 4.69) is 10.6 Å². The van der Waals surface area contributed by atoms with Crippen molar-refractivity contribution < 1.29 is 27.2 Å². The minimum atomic E-state index is -4.63. The average Bonchev–Trinajstić information content (AvgIpc) is 2.56. The van der Waals surface area contributed by atoms with Crippen LogP contribution < -0.4 is 16.4 Å². The molecule has 3 amide bonds. The van der Waals surface area contributed by atoms with Crippen LogP contribution in [-0.2, 0) is 11.0 Å².